The topological polar surface area (TPSA) is 111 Å². The molecule has 0 aliphatic carbocycles. The Morgan fingerprint density at radius 3 is 2.48 bits per heavy atom. The molecule has 10 heteroatoms. The van der Waals surface area contributed by atoms with Gasteiger partial charge in [0.2, 0.25) is 10.0 Å². The average Bonchev–Trinajstić information content (AvgIpc) is 3.07. The van der Waals surface area contributed by atoms with Crippen LogP contribution < -0.4 is 14.8 Å². The number of ether oxygens (including phenoxy) is 2. The minimum Gasteiger partial charge on any atom is -0.486 e. The number of hydrogen-bond donors (Lipinski definition) is 1. The summed E-state index contributed by atoms with van der Waals surface area (Å²) >= 11 is 0. The van der Waals surface area contributed by atoms with Crippen LogP contribution in [0.5, 0.6) is 11.5 Å². The summed E-state index contributed by atoms with van der Waals surface area (Å²) in [5.41, 5.74) is -0.0460. The molecule has 166 valence electrons. The SMILES string of the molecule is O=[N+]([O-])c1cc(S(=O)(=O)N2CCCCCC2)ccc1NCC1COc2ccccc2O1. The second-order valence-corrected chi connectivity index (χ2v) is 9.57. The molecular weight excluding hydrogens is 422 g/mol. The number of nitrogens with zero attached hydrogens (tertiary/aromatic N) is 2. The van der Waals surface area contributed by atoms with E-state index in [0.29, 0.717) is 31.2 Å². The van der Waals surface area contributed by atoms with Gasteiger partial charge in [-0.15, -0.1) is 0 Å². The van der Waals surface area contributed by atoms with Gasteiger partial charge < -0.3 is 14.8 Å². The molecule has 1 N–H and O–H groups in total. The molecule has 1 atom stereocenters. The summed E-state index contributed by atoms with van der Waals surface area (Å²) in [4.78, 5) is 11.0. The Balaban J connectivity index is 1.49. The highest BCUT2D eigenvalue weighted by atomic mass is 32.2. The quantitative estimate of drug-likeness (QED) is 0.533. The summed E-state index contributed by atoms with van der Waals surface area (Å²) in [6.45, 7) is 1.46. The number of nitro groups is 1. The second-order valence-electron chi connectivity index (χ2n) is 7.63. The molecule has 2 aromatic rings. The van der Waals surface area contributed by atoms with E-state index in [4.69, 9.17) is 9.47 Å². The number of hydrogen-bond acceptors (Lipinski definition) is 7. The first-order valence-electron chi connectivity index (χ1n) is 10.4. The summed E-state index contributed by atoms with van der Waals surface area (Å²) in [7, 11) is -3.77. The van der Waals surface area contributed by atoms with Crippen molar-refractivity contribution in [1.82, 2.24) is 4.31 Å². The molecule has 4 rings (SSSR count). The lowest BCUT2D eigenvalue weighted by Gasteiger charge is -2.26. The number of para-hydroxylation sites is 2. The molecule has 31 heavy (non-hydrogen) atoms. The van der Waals surface area contributed by atoms with Crippen molar-refractivity contribution in [2.75, 3.05) is 31.6 Å². The van der Waals surface area contributed by atoms with Crippen molar-refractivity contribution < 1.29 is 22.8 Å². The van der Waals surface area contributed by atoms with E-state index in [1.165, 1.54) is 16.4 Å². The van der Waals surface area contributed by atoms with Gasteiger partial charge in [-0.2, -0.15) is 4.31 Å². The maximum atomic E-state index is 13.0. The van der Waals surface area contributed by atoms with Crippen LogP contribution in [-0.4, -0.2) is 50.0 Å². The van der Waals surface area contributed by atoms with Crippen molar-refractivity contribution >= 4 is 21.4 Å². The van der Waals surface area contributed by atoms with Crippen molar-refractivity contribution in [3.63, 3.8) is 0 Å². The number of nitrogens with one attached hydrogen (secondary N) is 1. The van der Waals surface area contributed by atoms with E-state index in [2.05, 4.69) is 5.32 Å². The zero-order valence-electron chi connectivity index (χ0n) is 17.0. The number of fused-ring (bicyclic) bond motifs is 1. The summed E-state index contributed by atoms with van der Waals surface area (Å²) < 4.78 is 38.9. The Labute approximate surface area is 181 Å². The molecule has 2 aliphatic heterocycles. The number of nitro benzene ring substituents is 1. The van der Waals surface area contributed by atoms with Crippen LogP contribution in [0, 0.1) is 10.1 Å². The molecule has 1 unspecified atom stereocenters. The Morgan fingerprint density at radius 1 is 1.06 bits per heavy atom. The molecular formula is C21H25N3O6S. The predicted octanol–water partition coefficient (Wildman–Crippen LogP) is 3.41. The van der Waals surface area contributed by atoms with Crippen molar-refractivity contribution in [3.05, 3.63) is 52.6 Å². The van der Waals surface area contributed by atoms with Crippen LogP contribution in [0.1, 0.15) is 25.7 Å². The number of rotatable bonds is 6. The van der Waals surface area contributed by atoms with Crippen LogP contribution >= 0.6 is 0 Å². The van der Waals surface area contributed by atoms with E-state index in [1.54, 1.807) is 6.07 Å². The fraction of sp³-hybridized carbons (Fsp3) is 0.429. The third-order valence-electron chi connectivity index (χ3n) is 5.46. The molecule has 0 spiro atoms. The molecule has 2 aromatic carbocycles. The second kappa shape index (κ2) is 9.11. The average molecular weight is 448 g/mol. The van der Waals surface area contributed by atoms with Gasteiger partial charge in [-0.25, -0.2) is 8.42 Å². The van der Waals surface area contributed by atoms with Crippen molar-refractivity contribution in [3.8, 4) is 11.5 Å². The molecule has 0 bridgehead atoms. The van der Waals surface area contributed by atoms with Crippen molar-refractivity contribution in [2.24, 2.45) is 0 Å². The van der Waals surface area contributed by atoms with E-state index < -0.39 is 14.9 Å². The first kappa shape index (κ1) is 21.4. The molecule has 0 saturated carbocycles. The third-order valence-corrected chi connectivity index (χ3v) is 7.35. The van der Waals surface area contributed by atoms with Gasteiger partial charge in [0, 0.05) is 19.2 Å². The first-order valence-corrected chi connectivity index (χ1v) is 11.8. The number of anilines is 1. The maximum absolute atomic E-state index is 13.0. The fourth-order valence-electron chi connectivity index (χ4n) is 3.79. The summed E-state index contributed by atoms with van der Waals surface area (Å²) in [5.74, 6) is 1.28. The smallest absolute Gasteiger partial charge is 0.293 e. The lowest BCUT2D eigenvalue weighted by Crippen LogP contribution is -2.35. The van der Waals surface area contributed by atoms with Gasteiger partial charge in [0.05, 0.1) is 16.4 Å². The lowest BCUT2D eigenvalue weighted by atomic mass is 10.2. The van der Waals surface area contributed by atoms with E-state index in [9.17, 15) is 18.5 Å². The van der Waals surface area contributed by atoms with Crippen molar-refractivity contribution in [2.45, 2.75) is 36.7 Å². The molecule has 0 radical (unpaired) electrons. The highest BCUT2D eigenvalue weighted by molar-refractivity contribution is 7.89. The first-order chi connectivity index (χ1) is 14.9. The monoisotopic (exact) mass is 447 g/mol. The largest absolute Gasteiger partial charge is 0.486 e. The zero-order valence-corrected chi connectivity index (χ0v) is 17.8. The van der Waals surface area contributed by atoms with E-state index in [0.717, 1.165) is 31.7 Å². The van der Waals surface area contributed by atoms with Crippen LogP contribution in [0.15, 0.2) is 47.4 Å². The Bertz CT molecular complexity index is 1050. The maximum Gasteiger partial charge on any atom is 0.293 e. The zero-order chi connectivity index (χ0) is 21.8. The summed E-state index contributed by atoms with van der Waals surface area (Å²) in [6.07, 6.45) is 3.25. The molecule has 1 fully saturated rings. The normalized spacial score (nSPS) is 19.4. The van der Waals surface area contributed by atoms with Gasteiger partial charge in [-0.3, -0.25) is 10.1 Å². The minimum atomic E-state index is -3.77. The molecule has 0 aromatic heterocycles. The molecule has 0 amide bonds. The fourth-order valence-corrected chi connectivity index (χ4v) is 5.33. The molecule has 2 heterocycles. The Hall–Kier alpha value is -2.85. The molecule has 1 saturated heterocycles. The highest BCUT2D eigenvalue weighted by Gasteiger charge is 2.28. The standard InChI is InChI=1S/C21H25N3O6S/c25-24(26)19-13-17(31(27,28)23-11-5-1-2-6-12-23)9-10-18(19)22-14-16-15-29-20-7-3-4-8-21(20)30-16/h3-4,7-10,13,16,22H,1-2,5-6,11-12,14-15H2. The van der Waals surface area contributed by atoms with Gasteiger partial charge in [0.1, 0.15) is 18.4 Å². The van der Waals surface area contributed by atoms with Crippen LogP contribution in [-0.2, 0) is 10.0 Å². The molecule has 2 aliphatic rings. The Kier molecular flexibility index (Phi) is 6.28. The van der Waals surface area contributed by atoms with Gasteiger partial charge in [0.15, 0.2) is 11.5 Å². The summed E-state index contributed by atoms with van der Waals surface area (Å²) in [6, 6.07) is 11.3. The number of sulfonamides is 1. The lowest BCUT2D eigenvalue weighted by molar-refractivity contribution is -0.384. The van der Waals surface area contributed by atoms with Crippen LogP contribution in [0.2, 0.25) is 0 Å². The van der Waals surface area contributed by atoms with Crippen LogP contribution in [0.25, 0.3) is 0 Å². The number of benzene rings is 2. The van der Waals surface area contributed by atoms with E-state index in [1.807, 2.05) is 18.2 Å². The minimum absolute atomic E-state index is 0.0576. The van der Waals surface area contributed by atoms with Gasteiger partial charge in [0.25, 0.3) is 5.69 Å². The third kappa shape index (κ3) is 4.75. The van der Waals surface area contributed by atoms with Crippen molar-refractivity contribution in [1.29, 1.82) is 0 Å². The van der Waals surface area contributed by atoms with E-state index >= 15 is 0 Å². The van der Waals surface area contributed by atoms with Gasteiger partial charge in [-0.1, -0.05) is 25.0 Å². The highest BCUT2D eigenvalue weighted by Crippen LogP contribution is 2.32. The van der Waals surface area contributed by atoms with Gasteiger partial charge >= 0.3 is 0 Å². The van der Waals surface area contributed by atoms with E-state index in [-0.39, 0.29) is 28.9 Å². The summed E-state index contributed by atoms with van der Waals surface area (Å²) in [5, 5.41) is 14.7. The Morgan fingerprint density at radius 2 is 1.77 bits per heavy atom. The molecule has 9 nitrogen and oxygen atoms in total. The van der Waals surface area contributed by atoms with Crippen LogP contribution in [0.3, 0.4) is 0 Å². The van der Waals surface area contributed by atoms with Crippen LogP contribution in [0.4, 0.5) is 11.4 Å². The van der Waals surface area contributed by atoms with Gasteiger partial charge in [-0.05, 0) is 37.1 Å². The predicted molar refractivity (Wildman–Crippen MR) is 115 cm³/mol.